The lowest BCUT2D eigenvalue weighted by Gasteiger charge is -2.40. The third-order valence-corrected chi connectivity index (χ3v) is 3.82. The van der Waals surface area contributed by atoms with Crippen LogP contribution in [0.4, 0.5) is 5.82 Å². The summed E-state index contributed by atoms with van der Waals surface area (Å²) in [6.45, 7) is 9.89. The Labute approximate surface area is 115 Å². The highest BCUT2D eigenvalue weighted by Crippen LogP contribution is 2.28. The number of aryl methyl sites for hydroxylation is 2. The van der Waals surface area contributed by atoms with Gasteiger partial charge in [-0.3, -0.25) is 0 Å². The molecular weight excluding hydrogens is 240 g/mol. The number of ether oxygens (including phenoxy) is 1. The molecule has 0 aliphatic carbocycles. The number of morpholine rings is 1. The van der Waals surface area contributed by atoms with E-state index in [0.717, 1.165) is 42.2 Å². The topological polar surface area (TPSA) is 45.6 Å². The predicted molar refractivity (Wildman–Crippen MR) is 76.5 cm³/mol. The van der Waals surface area contributed by atoms with Crippen LogP contribution in [0.2, 0.25) is 0 Å². The van der Waals surface area contributed by atoms with Crippen LogP contribution >= 0.6 is 0 Å². The van der Waals surface area contributed by atoms with Gasteiger partial charge in [-0.2, -0.15) is 0 Å². The molecule has 0 bridgehead atoms. The fourth-order valence-corrected chi connectivity index (χ4v) is 2.72. The Hall–Kier alpha value is -1.13. The number of aliphatic hydroxyl groups excluding tert-OH is 1. The summed E-state index contributed by atoms with van der Waals surface area (Å²) in [6.07, 6.45) is 1.23. The van der Waals surface area contributed by atoms with Crippen LogP contribution in [0.1, 0.15) is 37.1 Å². The van der Waals surface area contributed by atoms with Gasteiger partial charge >= 0.3 is 0 Å². The molecule has 1 saturated heterocycles. The molecule has 0 radical (unpaired) electrons. The van der Waals surface area contributed by atoms with Crippen molar-refractivity contribution in [1.82, 2.24) is 4.98 Å². The van der Waals surface area contributed by atoms with Crippen LogP contribution in [0.5, 0.6) is 0 Å². The van der Waals surface area contributed by atoms with Crippen molar-refractivity contribution in [2.45, 2.75) is 52.9 Å². The highest BCUT2D eigenvalue weighted by atomic mass is 16.5. The monoisotopic (exact) mass is 264 g/mol. The van der Waals surface area contributed by atoms with Gasteiger partial charge in [-0.1, -0.05) is 6.92 Å². The summed E-state index contributed by atoms with van der Waals surface area (Å²) in [4.78, 5) is 6.98. The summed E-state index contributed by atoms with van der Waals surface area (Å²) in [5, 5.41) is 9.65. The van der Waals surface area contributed by atoms with Crippen LogP contribution in [0.25, 0.3) is 0 Å². The van der Waals surface area contributed by atoms with E-state index >= 15 is 0 Å². The first-order valence-corrected chi connectivity index (χ1v) is 7.03. The molecule has 2 unspecified atom stereocenters. The van der Waals surface area contributed by atoms with Crippen molar-refractivity contribution < 1.29 is 9.84 Å². The number of pyridine rings is 1. The molecule has 19 heavy (non-hydrogen) atoms. The van der Waals surface area contributed by atoms with E-state index in [4.69, 9.17) is 4.74 Å². The van der Waals surface area contributed by atoms with Gasteiger partial charge in [-0.15, -0.1) is 0 Å². The zero-order valence-electron chi connectivity index (χ0n) is 12.3. The molecule has 106 valence electrons. The Morgan fingerprint density at radius 1 is 1.47 bits per heavy atom. The minimum absolute atomic E-state index is 0.0383. The van der Waals surface area contributed by atoms with Gasteiger partial charge in [0.25, 0.3) is 0 Å². The minimum Gasteiger partial charge on any atom is -0.392 e. The van der Waals surface area contributed by atoms with Gasteiger partial charge in [-0.25, -0.2) is 4.98 Å². The van der Waals surface area contributed by atoms with Gasteiger partial charge < -0.3 is 14.7 Å². The Morgan fingerprint density at radius 3 is 2.84 bits per heavy atom. The van der Waals surface area contributed by atoms with E-state index in [-0.39, 0.29) is 12.7 Å². The van der Waals surface area contributed by atoms with Crippen LogP contribution in [0.15, 0.2) is 6.07 Å². The van der Waals surface area contributed by atoms with Crippen LogP contribution in [0.3, 0.4) is 0 Å². The van der Waals surface area contributed by atoms with Gasteiger partial charge in [0.1, 0.15) is 5.82 Å². The second-order valence-corrected chi connectivity index (χ2v) is 5.40. The fraction of sp³-hybridized carbons (Fsp3) is 0.667. The average Bonchev–Trinajstić information content (AvgIpc) is 2.37. The Bertz CT molecular complexity index is 448. The molecule has 2 heterocycles. The molecule has 1 N–H and O–H groups in total. The van der Waals surface area contributed by atoms with Crippen molar-refractivity contribution in [3.05, 3.63) is 22.9 Å². The zero-order chi connectivity index (χ0) is 14.0. The largest absolute Gasteiger partial charge is 0.392 e. The maximum absolute atomic E-state index is 9.65. The van der Waals surface area contributed by atoms with Crippen LogP contribution in [0, 0.1) is 13.8 Å². The Balaban J connectivity index is 2.43. The Kier molecular flexibility index (Phi) is 4.42. The number of aliphatic hydroxyl groups is 1. The molecule has 2 atom stereocenters. The maximum Gasteiger partial charge on any atom is 0.135 e. The first kappa shape index (κ1) is 14.3. The standard InChI is InChI=1S/C15H24N2O2/c1-5-13-9-19-12(4)7-17(13)15-14(8-18)10(2)6-11(3)16-15/h6,12-13,18H,5,7-9H2,1-4H3. The maximum atomic E-state index is 9.65. The van der Waals surface area contributed by atoms with Gasteiger partial charge in [-0.05, 0) is 38.8 Å². The van der Waals surface area contributed by atoms with Crippen molar-refractivity contribution in [2.24, 2.45) is 0 Å². The van der Waals surface area contributed by atoms with E-state index in [0.29, 0.717) is 6.04 Å². The van der Waals surface area contributed by atoms with Crippen molar-refractivity contribution in [3.8, 4) is 0 Å². The van der Waals surface area contributed by atoms with Crippen molar-refractivity contribution >= 4 is 5.82 Å². The molecular formula is C15H24N2O2. The average molecular weight is 264 g/mol. The molecule has 1 aliphatic heterocycles. The third kappa shape index (κ3) is 2.90. The molecule has 0 aromatic carbocycles. The van der Waals surface area contributed by atoms with E-state index in [1.807, 2.05) is 19.9 Å². The number of hydrogen-bond acceptors (Lipinski definition) is 4. The molecule has 1 aliphatic rings. The SMILES string of the molecule is CCC1COC(C)CN1c1nc(C)cc(C)c1CO. The molecule has 1 aromatic rings. The summed E-state index contributed by atoms with van der Waals surface area (Å²) in [5.41, 5.74) is 3.05. The number of rotatable bonds is 3. The molecule has 0 saturated carbocycles. The van der Waals surface area contributed by atoms with Crippen LogP contribution in [-0.2, 0) is 11.3 Å². The predicted octanol–water partition coefficient (Wildman–Crippen LogP) is 2.19. The van der Waals surface area contributed by atoms with E-state index in [2.05, 4.69) is 23.7 Å². The van der Waals surface area contributed by atoms with Crippen molar-refractivity contribution in [1.29, 1.82) is 0 Å². The zero-order valence-corrected chi connectivity index (χ0v) is 12.3. The summed E-state index contributed by atoms with van der Waals surface area (Å²) in [7, 11) is 0. The first-order valence-electron chi connectivity index (χ1n) is 7.03. The number of nitrogens with zero attached hydrogens (tertiary/aromatic N) is 2. The summed E-state index contributed by atoms with van der Waals surface area (Å²) >= 11 is 0. The quantitative estimate of drug-likeness (QED) is 0.909. The van der Waals surface area contributed by atoms with E-state index in [1.54, 1.807) is 0 Å². The van der Waals surface area contributed by atoms with Crippen molar-refractivity contribution in [3.63, 3.8) is 0 Å². The summed E-state index contributed by atoms with van der Waals surface area (Å²) in [6, 6.07) is 2.37. The molecule has 0 amide bonds. The lowest BCUT2D eigenvalue weighted by atomic mass is 10.1. The van der Waals surface area contributed by atoms with Gasteiger partial charge in [0.2, 0.25) is 0 Å². The molecule has 4 nitrogen and oxygen atoms in total. The number of hydrogen-bond donors (Lipinski definition) is 1. The van der Waals surface area contributed by atoms with Gasteiger partial charge in [0, 0.05) is 17.8 Å². The number of aromatic nitrogens is 1. The molecule has 0 spiro atoms. The highest BCUT2D eigenvalue weighted by Gasteiger charge is 2.28. The second-order valence-electron chi connectivity index (χ2n) is 5.40. The second kappa shape index (κ2) is 5.88. The minimum atomic E-state index is 0.0383. The first-order chi connectivity index (χ1) is 9.06. The van der Waals surface area contributed by atoms with Gasteiger partial charge in [0.15, 0.2) is 0 Å². The lowest BCUT2D eigenvalue weighted by Crippen LogP contribution is -2.49. The highest BCUT2D eigenvalue weighted by molar-refractivity contribution is 5.52. The third-order valence-electron chi connectivity index (χ3n) is 3.82. The van der Waals surface area contributed by atoms with Crippen LogP contribution in [-0.4, -0.2) is 35.4 Å². The molecule has 2 rings (SSSR count). The molecule has 4 heteroatoms. The number of anilines is 1. The summed E-state index contributed by atoms with van der Waals surface area (Å²) < 4.78 is 5.74. The Morgan fingerprint density at radius 2 is 2.21 bits per heavy atom. The lowest BCUT2D eigenvalue weighted by molar-refractivity contribution is 0.0294. The smallest absolute Gasteiger partial charge is 0.135 e. The molecule has 1 fully saturated rings. The fourth-order valence-electron chi connectivity index (χ4n) is 2.72. The van der Waals surface area contributed by atoms with E-state index in [9.17, 15) is 5.11 Å². The van der Waals surface area contributed by atoms with Gasteiger partial charge in [0.05, 0.1) is 25.4 Å². The molecule has 1 aromatic heterocycles. The van der Waals surface area contributed by atoms with E-state index < -0.39 is 0 Å². The normalized spacial score (nSPS) is 23.7. The van der Waals surface area contributed by atoms with E-state index in [1.165, 1.54) is 0 Å². The van der Waals surface area contributed by atoms with Crippen LogP contribution < -0.4 is 4.90 Å². The summed E-state index contributed by atoms with van der Waals surface area (Å²) in [5.74, 6) is 0.932. The van der Waals surface area contributed by atoms with Crippen molar-refractivity contribution in [2.75, 3.05) is 18.1 Å².